The van der Waals surface area contributed by atoms with Gasteiger partial charge in [0, 0.05) is 5.69 Å². The van der Waals surface area contributed by atoms with Gasteiger partial charge < -0.3 is 5.32 Å². The lowest BCUT2D eigenvalue weighted by Gasteiger charge is -2.14. The van der Waals surface area contributed by atoms with E-state index in [0.717, 1.165) is 28.1 Å². The van der Waals surface area contributed by atoms with E-state index in [2.05, 4.69) is 5.32 Å². The molecule has 5 nitrogen and oxygen atoms in total. The molecule has 1 aromatic heterocycles. The van der Waals surface area contributed by atoms with Crippen LogP contribution in [0.5, 0.6) is 0 Å². The van der Waals surface area contributed by atoms with Crippen molar-refractivity contribution in [2.45, 2.75) is 25.9 Å². The summed E-state index contributed by atoms with van der Waals surface area (Å²) in [5.41, 5.74) is 5.29. The topological polar surface area (TPSA) is 64.0 Å². The van der Waals surface area contributed by atoms with Crippen LogP contribution in [0.2, 0.25) is 0 Å². The number of hydrogen-bond acceptors (Lipinski definition) is 4. The highest BCUT2D eigenvalue weighted by atomic mass is 32.2. The van der Waals surface area contributed by atoms with Crippen molar-refractivity contribution in [3.05, 3.63) is 93.8 Å². The number of rotatable bonds is 5. The van der Waals surface area contributed by atoms with Gasteiger partial charge >= 0.3 is 0 Å². The van der Waals surface area contributed by atoms with E-state index in [4.69, 9.17) is 4.98 Å². The van der Waals surface area contributed by atoms with Gasteiger partial charge in [0.05, 0.1) is 22.3 Å². The van der Waals surface area contributed by atoms with Gasteiger partial charge in [-0.15, -0.1) is 0 Å². The van der Waals surface area contributed by atoms with Crippen molar-refractivity contribution in [3.63, 3.8) is 0 Å². The van der Waals surface area contributed by atoms with Crippen LogP contribution < -0.4 is 10.9 Å². The number of hydrogen-bond donors (Lipinski definition) is 1. The predicted octanol–water partition coefficient (Wildman–Crippen LogP) is 5.04. The average molecular weight is 430 g/mol. The van der Waals surface area contributed by atoms with E-state index in [1.165, 1.54) is 11.8 Å². The van der Waals surface area contributed by atoms with E-state index in [9.17, 15) is 9.59 Å². The minimum absolute atomic E-state index is 0.142. The third kappa shape index (κ3) is 4.54. The zero-order valence-corrected chi connectivity index (χ0v) is 18.5. The first-order chi connectivity index (χ1) is 14.9. The Balaban J connectivity index is 1.69. The predicted molar refractivity (Wildman–Crippen MR) is 127 cm³/mol. The van der Waals surface area contributed by atoms with Gasteiger partial charge in [-0.3, -0.25) is 14.2 Å². The van der Waals surface area contributed by atoms with Crippen LogP contribution in [0.25, 0.3) is 16.6 Å². The fraction of sp³-hybridized carbons (Fsp3) is 0.160. The summed E-state index contributed by atoms with van der Waals surface area (Å²) in [6.45, 7) is 6.03. The molecule has 0 aliphatic carbocycles. The highest BCUT2D eigenvalue weighted by molar-refractivity contribution is 7.99. The van der Waals surface area contributed by atoms with E-state index in [0.29, 0.717) is 16.1 Å². The molecule has 0 bridgehead atoms. The van der Waals surface area contributed by atoms with Crippen molar-refractivity contribution >= 4 is 34.3 Å². The number of aryl methyl sites for hydroxylation is 3. The Morgan fingerprint density at radius 3 is 2.55 bits per heavy atom. The second-order valence-electron chi connectivity index (χ2n) is 7.53. The Hall–Kier alpha value is -3.38. The van der Waals surface area contributed by atoms with Crippen LogP contribution in [0.1, 0.15) is 16.7 Å². The van der Waals surface area contributed by atoms with Crippen LogP contribution in [0.4, 0.5) is 5.69 Å². The minimum atomic E-state index is -0.148. The molecular formula is C25H23N3O2S. The summed E-state index contributed by atoms with van der Waals surface area (Å²) in [7, 11) is 0. The monoisotopic (exact) mass is 429 g/mol. The summed E-state index contributed by atoms with van der Waals surface area (Å²) in [4.78, 5) is 30.6. The number of anilines is 1. The standard InChI is InChI=1S/C25H23N3O2S/c1-16-7-6-8-19(13-16)26-23(29)15-31-25-27-22-10-5-4-9-21(22)24(30)28(25)20-12-11-17(2)18(3)14-20/h4-14H,15H2,1-3H3,(H,26,29). The minimum Gasteiger partial charge on any atom is -0.325 e. The number of carbonyl (C=O) groups is 1. The number of nitrogens with zero attached hydrogens (tertiary/aromatic N) is 2. The summed E-state index contributed by atoms with van der Waals surface area (Å²) >= 11 is 1.25. The molecule has 0 aliphatic heterocycles. The van der Waals surface area contributed by atoms with Crippen LogP contribution in [0, 0.1) is 20.8 Å². The number of carbonyl (C=O) groups excluding carboxylic acids is 1. The summed E-state index contributed by atoms with van der Waals surface area (Å²) in [5, 5.41) is 3.95. The fourth-order valence-corrected chi connectivity index (χ4v) is 4.16. The third-order valence-electron chi connectivity index (χ3n) is 5.13. The van der Waals surface area contributed by atoms with Crippen molar-refractivity contribution in [1.29, 1.82) is 0 Å². The quantitative estimate of drug-likeness (QED) is 0.356. The van der Waals surface area contributed by atoms with E-state index in [1.54, 1.807) is 10.6 Å². The SMILES string of the molecule is Cc1cccc(NC(=O)CSc2nc3ccccc3c(=O)n2-c2ccc(C)c(C)c2)c1. The van der Waals surface area contributed by atoms with Gasteiger partial charge in [0.1, 0.15) is 0 Å². The molecule has 0 saturated heterocycles. The summed E-state index contributed by atoms with van der Waals surface area (Å²) in [6.07, 6.45) is 0. The maximum Gasteiger partial charge on any atom is 0.266 e. The van der Waals surface area contributed by atoms with E-state index >= 15 is 0 Å². The van der Waals surface area contributed by atoms with E-state index in [1.807, 2.05) is 81.4 Å². The maximum atomic E-state index is 13.3. The molecule has 4 rings (SSSR count). The number of para-hydroxylation sites is 1. The zero-order valence-electron chi connectivity index (χ0n) is 17.7. The number of nitrogens with one attached hydrogen (secondary N) is 1. The fourth-order valence-electron chi connectivity index (χ4n) is 3.35. The van der Waals surface area contributed by atoms with Crippen molar-refractivity contribution in [1.82, 2.24) is 9.55 Å². The van der Waals surface area contributed by atoms with Gasteiger partial charge in [-0.25, -0.2) is 4.98 Å². The van der Waals surface area contributed by atoms with Crippen LogP contribution in [-0.2, 0) is 4.79 Å². The third-order valence-corrected chi connectivity index (χ3v) is 6.07. The summed E-state index contributed by atoms with van der Waals surface area (Å²) in [5.74, 6) is -0.00605. The second-order valence-corrected chi connectivity index (χ2v) is 8.47. The van der Waals surface area contributed by atoms with Crippen LogP contribution >= 0.6 is 11.8 Å². The highest BCUT2D eigenvalue weighted by Crippen LogP contribution is 2.23. The molecule has 0 fully saturated rings. The molecule has 1 N–H and O–H groups in total. The smallest absolute Gasteiger partial charge is 0.266 e. The molecule has 1 heterocycles. The molecule has 31 heavy (non-hydrogen) atoms. The number of thioether (sulfide) groups is 1. The maximum absolute atomic E-state index is 13.3. The van der Waals surface area contributed by atoms with Crippen LogP contribution in [0.15, 0.2) is 76.7 Å². The Kier molecular flexibility index (Phi) is 5.91. The first kappa shape index (κ1) is 20.9. The molecule has 0 aliphatic rings. The largest absolute Gasteiger partial charge is 0.325 e. The highest BCUT2D eigenvalue weighted by Gasteiger charge is 2.15. The second kappa shape index (κ2) is 8.78. The van der Waals surface area contributed by atoms with E-state index < -0.39 is 0 Å². The van der Waals surface area contributed by atoms with Gasteiger partial charge in [-0.1, -0.05) is 42.1 Å². The molecule has 0 radical (unpaired) electrons. The number of amides is 1. The first-order valence-corrected chi connectivity index (χ1v) is 11.0. The lowest BCUT2D eigenvalue weighted by molar-refractivity contribution is -0.113. The molecule has 4 aromatic rings. The molecular weight excluding hydrogens is 406 g/mol. The van der Waals surface area contributed by atoms with Crippen LogP contribution in [0.3, 0.4) is 0 Å². The van der Waals surface area contributed by atoms with Crippen LogP contribution in [-0.4, -0.2) is 21.2 Å². The van der Waals surface area contributed by atoms with Crippen molar-refractivity contribution in [2.75, 3.05) is 11.1 Å². The molecule has 1 amide bonds. The lowest BCUT2D eigenvalue weighted by Crippen LogP contribution is -2.23. The normalized spacial score (nSPS) is 10.9. The number of fused-ring (bicyclic) bond motifs is 1. The van der Waals surface area contributed by atoms with Gasteiger partial charge in [0.15, 0.2) is 5.16 Å². The Bertz CT molecular complexity index is 1340. The molecule has 0 saturated carbocycles. The molecule has 156 valence electrons. The molecule has 0 unspecified atom stereocenters. The van der Waals surface area contributed by atoms with Crippen molar-refractivity contribution < 1.29 is 4.79 Å². The Labute approximate surface area is 185 Å². The molecule has 0 atom stereocenters. The summed E-state index contributed by atoms with van der Waals surface area (Å²) in [6, 6.07) is 20.8. The van der Waals surface area contributed by atoms with Crippen molar-refractivity contribution in [2.24, 2.45) is 0 Å². The average Bonchev–Trinajstić information content (AvgIpc) is 2.74. The van der Waals surface area contributed by atoms with Gasteiger partial charge in [-0.05, 0) is 73.9 Å². The Morgan fingerprint density at radius 1 is 0.968 bits per heavy atom. The lowest BCUT2D eigenvalue weighted by atomic mass is 10.1. The van der Waals surface area contributed by atoms with Gasteiger partial charge in [0.25, 0.3) is 5.56 Å². The molecule has 3 aromatic carbocycles. The van der Waals surface area contributed by atoms with Gasteiger partial charge in [-0.2, -0.15) is 0 Å². The zero-order chi connectivity index (χ0) is 22.0. The summed E-state index contributed by atoms with van der Waals surface area (Å²) < 4.78 is 1.60. The number of benzene rings is 3. The molecule has 6 heteroatoms. The first-order valence-electron chi connectivity index (χ1n) is 10.0. The molecule has 0 spiro atoms. The van der Waals surface area contributed by atoms with Crippen molar-refractivity contribution in [3.8, 4) is 5.69 Å². The van der Waals surface area contributed by atoms with E-state index in [-0.39, 0.29) is 17.2 Å². The number of aromatic nitrogens is 2. The van der Waals surface area contributed by atoms with Gasteiger partial charge in [0.2, 0.25) is 5.91 Å². The Morgan fingerprint density at radius 2 is 1.77 bits per heavy atom.